The number of likely N-dealkylation sites (tertiary alicyclic amines) is 1. The van der Waals surface area contributed by atoms with E-state index in [9.17, 15) is 14.7 Å². The second kappa shape index (κ2) is 16.5. The zero-order chi connectivity index (χ0) is 31.3. The third-order valence-corrected chi connectivity index (χ3v) is 7.58. The van der Waals surface area contributed by atoms with Crippen LogP contribution in [0.3, 0.4) is 0 Å². The normalized spacial score (nSPS) is 16.4. The average Bonchev–Trinajstić information content (AvgIpc) is 3.03. The van der Waals surface area contributed by atoms with Gasteiger partial charge in [-0.15, -0.1) is 0 Å². The molecule has 1 fully saturated rings. The van der Waals surface area contributed by atoms with Gasteiger partial charge in [-0.3, -0.25) is 4.79 Å². The minimum absolute atomic E-state index is 0.0137. The molecule has 0 bridgehead atoms. The molecule has 2 atom stereocenters. The highest BCUT2D eigenvalue weighted by Crippen LogP contribution is 2.33. The molecule has 1 aliphatic heterocycles. The molecule has 3 aromatic carbocycles. The molecule has 2 N–H and O–H groups in total. The van der Waals surface area contributed by atoms with E-state index >= 15 is 0 Å². The Morgan fingerprint density at radius 3 is 2.45 bits per heavy atom. The van der Waals surface area contributed by atoms with E-state index in [1.54, 1.807) is 7.11 Å². The Labute approximate surface area is 258 Å². The highest BCUT2D eigenvalue weighted by atomic mass is 16.5. The Balaban J connectivity index is 1.29. The van der Waals surface area contributed by atoms with E-state index in [1.807, 2.05) is 73.7 Å². The van der Waals surface area contributed by atoms with Crippen LogP contribution in [0.15, 0.2) is 66.7 Å². The summed E-state index contributed by atoms with van der Waals surface area (Å²) in [5.41, 5.74) is 3.83. The van der Waals surface area contributed by atoms with Crippen LogP contribution in [0.4, 0.5) is 4.79 Å². The second-order valence-electron chi connectivity index (χ2n) is 10.7. The van der Waals surface area contributed by atoms with Crippen LogP contribution in [0, 0.1) is 6.92 Å². The van der Waals surface area contributed by atoms with Crippen molar-refractivity contribution in [1.82, 2.24) is 4.90 Å². The monoisotopic (exact) mass is 607 g/mol. The fourth-order valence-electron chi connectivity index (χ4n) is 5.15. The summed E-state index contributed by atoms with van der Waals surface area (Å²) in [6.07, 6.45) is -0.0103. The molecule has 44 heavy (non-hydrogen) atoms. The summed E-state index contributed by atoms with van der Waals surface area (Å²) in [4.78, 5) is 24.0. The molecule has 4 rings (SSSR count). The lowest BCUT2D eigenvalue weighted by Gasteiger charge is -2.37. The molecule has 10 nitrogen and oxygen atoms in total. The van der Waals surface area contributed by atoms with Gasteiger partial charge in [0.1, 0.15) is 17.2 Å². The fourth-order valence-corrected chi connectivity index (χ4v) is 5.15. The molecular formula is C34H41NO9. The molecule has 1 heterocycles. The van der Waals surface area contributed by atoms with Crippen LogP contribution in [0.1, 0.15) is 47.4 Å². The molecule has 1 aliphatic rings. The molecule has 0 aromatic heterocycles. The minimum Gasteiger partial charge on any atom is -0.496 e. The molecule has 10 heteroatoms. The minimum atomic E-state index is -0.961. The standard InChI is InChI=1S/C34H41NO9/c1-24-8-9-25(20-31(24)43-19-15-33(36)37)22-44-32-21-35(34(38)39)16-14-29(32)26-10-12-28(13-11-26)42-18-5-17-41-23-27-6-3-4-7-30(27)40-2/h3-4,6-13,20,29,32H,5,14-19,21-23H2,1-2H3,(H,36,37)(H,38,39). The number of rotatable bonds is 16. The largest absolute Gasteiger partial charge is 0.496 e. The molecule has 3 aromatic rings. The van der Waals surface area contributed by atoms with E-state index in [1.165, 1.54) is 4.90 Å². The van der Waals surface area contributed by atoms with E-state index in [0.717, 1.165) is 40.2 Å². The van der Waals surface area contributed by atoms with E-state index in [-0.39, 0.29) is 38.2 Å². The van der Waals surface area contributed by atoms with Gasteiger partial charge >= 0.3 is 12.1 Å². The maximum Gasteiger partial charge on any atom is 0.407 e. The first-order chi connectivity index (χ1) is 21.3. The summed E-state index contributed by atoms with van der Waals surface area (Å²) in [6, 6.07) is 21.4. The molecule has 0 spiro atoms. The quantitative estimate of drug-likeness (QED) is 0.192. The van der Waals surface area contributed by atoms with Crippen molar-refractivity contribution in [3.05, 3.63) is 89.0 Å². The summed E-state index contributed by atoms with van der Waals surface area (Å²) in [5, 5.41) is 18.5. The smallest absolute Gasteiger partial charge is 0.407 e. The van der Waals surface area contributed by atoms with Crippen LogP contribution in [-0.2, 0) is 27.5 Å². The first-order valence-corrected chi connectivity index (χ1v) is 14.8. The Morgan fingerprint density at radius 1 is 0.909 bits per heavy atom. The lowest BCUT2D eigenvalue weighted by Crippen LogP contribution is -2.46. The van der Waals surface area contributed by atoms with Crippen molar-refractivity contribution in [2.75, 3.05) is 40.0 Å². The van der Waals surface area contributed by atoms with Crippen LogP contribution in [0.2, 0.25) is 0 Å². The van der Waals surface area contributed by atoms with Crippen molar-refractivity contribution in [2.45, 2.75) is 51.4 Å². The van der Waals surface area contributed by atoms with Gasteiger partial charge in [0.05, 0.1) is 59.2 Å². The first-order valence-electron chi connectivity index (χ1n) is 14.8. The molecule has 0 radical (unpaired) electrons. The van der Waals surface area contributed by atoms with Gasteiger partial charge in [0.25, 0.3) is 0 Å². The lowest BCUT2D eigenvalue weighted by atomic mass is 9.87. The van der Waals surface area contributed by atoms with E-state index in [0.29, 0.717) is 38.5 Å². The van der Waals surface area contributed by atoms with Crippen molar-refractivity contribution >= 4 is 12.1 Å². The number of carbonyl (C=O) groups is 2. The summed E-state index contributed by atoms with van der Waals surface area (Å²) in [5.74, 6) is 1.28. The van der Waals surface area contributed by atoms with Gasteiger partial charge < -0.3 is 38.8 Å². The highest BCUT2D eigenvalue weighted by molar-refractivity contribution is 5.66. The molecule has 236 valence electrons. The zero-order valence-electron chi connectivity index (χ0n) is 25.3. The summed E-state index contributed by atoms with van der Waals surface area (Å²) in [6.45, 7) is 4.50. The number of benzene rings is 3. The molecular weight excluding hydrogens is 566 g/mol. The predicted molar refractivity (Wildman–Crippen MR) is 164 cm³/mol. The number of carboxylic acids is 1. The van der Waals surface area contributed by atoms with E-state index < -0.39 is 12.1 Å². The molecule has 1 amide bonds. The maximum absolute atomic E-state index is 11.7. The van der Waals surface area contributed by atoms with Crippen LogP contribution in [0.5, 0.6) is 17.2 Å². The second-order valence-corrected chi connectivity index (χ2v) is 10.7. The van der Waals surface area contributed by atoms with Crippen molar-refractivity contribution in [3.8, 4) is 17.2 Å². The van der Waals surface area contributed by atoms with Crippen molar-refractivity contribution in [2.24, 2.45) is 0 Å². The van der Waals surface area contributed by atoms with Gasteiger partial charge in [0, 0.05) is 24.4 Å². The number of amides is 1. The number of nitrogens with zero attached hydrogens (tertiary/aromatic N) is 1. The van der Waals surface area contributed by atoms with E-state index in [4.69, 9.17) is 28.8 Å². The Morgan fingerprint density at radius 2 is 1.70 bits per heavy atom. The van der Waals surface area contributed by atoms with Gasteiger partial charge in [-0.1, -0.05) is 42.5 Å². The summed E-state index contributed by atoms with van der Waals surface area (Å²) >= 11 is 0. The molecule has 0 saturated carbocycles. The average molecular weight is 608 g/mol. The number of aryl methyl sites for hydroxylation is 1. The van der Waals surface area contributed by atoms with Crippen molar-refractivity contribution < 1.29 is 43.5 Å². The van der Waals surface area contributed by atoms with E-state index in [2.05, 4.69) is 0 Å². The number of para-hydroxylation sites is 1. The topological polar surface area (TPSA) is 124 Å². The molecule has 2 unspecified atom stereocenters. The fraction of sp³-hybridized carbons (Fsp3) is 0.412. The molecule has 0 aliphatic carbocycles. The number of methoxy groups -OCH3 is 1. The van der Waals surface area contributed by atoms with Crippen LogP contribution < -0.4 is 14.2 Å². The highest BCUT2D eigenvalue weighted by Gasteiger charge is 2.33. The van der Waals surface area contributed by atoms with Crippen LogP contribution >= 0.6 is 0 Å². The SMILES string of the molecule is COc1ccccc1COCCCOc1ccc(C2CCN(C(=O)O)CC2OCc2ccc(C)c(OCCC(=O)O)c2)cc1. The Kier molecular flexibility index (Phi) is 12.3. The number of hydrogen-bond acceptors (Lipinski definition) is 7. The summed E-state index contributed by atoms with van der Waals surface area (Å²) < 4.78 is 29.0. The summed E-state index contributed by atoms with van der Waals surface area (Å²) in [7, 11) is 1.65. The third kappa shape index (κ3) is 9.62. The van der Waals surface area contributed by atoms with Gasteiger partial charge in [0.2, 0.25) is 0 Å². The lowest BCUT2D eigenvalue weighted by molar-refractivity contribution is -0.137. The Bertz CT molecular complexity index is 1360. The number of hydrogen-bond donors (Lipinski definition) is 2. The van der Waals surface area contributed by atoms with Gasteiger partial charge in [0.15, 0.2) is 0 Å². The van der Waals surface area contributed by atoms with Gasteiger partial charge in [-0.2, -0.15) is 0 Å². The van der Waals surface area contributed by atoms with Crippen molar-refractivity contribution in [3.63, 3.8) is 0 Å². The number of carboxylic acid groups (broad SMARTS) is 2. The third-order valence-electron chi connectivity index (χ3n) is 7.58. The predicted octanol–water partition coefficient (Wildman–Crippen LogP) is 5.90. The maximum atomic E-state index is 11.7. The Hall–Kier alpha value is -4.28. The zero-order valence-corrected chi connectivity index (χ0v) is 25.3. The van der Waals surface area contributed by atoms with Gasteiger partial charge in [-0.25, -0.2) is 4.79 Å². The molecule has 1 saturated heterocycles. The van der Waals surface area contributed by atoms with Crippen molar-refractivity contribution in [1.29, 1.82) is 0 Å². The van der Waals surface area contributed by atoms with Crippen LogP contribution in [0.25, 0.3) is 0 Å². The number of piperidine rings is 1. The number of aliphatic carboxylic acids is 1. The first kappa shape index (κ1) is 32.6. The number of ether oxygens (including phenoxy) is 5. The van der Waals surface area contributed by atoms with Gasteiger partial charge in [-0.05, 0) is 54.3 Å². The van der Waals surface area contributed by atoms with Crippen LogP contribution in [-0.4, -0.2) is 73.3 Å².